The number of aliphatic hydroxyl groups excluding tert-OH is 1. The molecule has 3 rings (SSSR count). The van der Waals surface area contributed by atoms with E-state index in [-0.39, 0.29) is 16.0 Å². The molecule has 0 radical (unpaired) electrons. The van der Waals surface area contributed by atoms with Crippen LogP contribution < -0.4 is 5.32 Å². The highest BCUT2D eigenvalue weighted by Crippen LogP contribution is 2.37. The number of hydrogen-bond acceptors (Lipinski definition) is 5. The molecule has 1 aromatic carbocycles. The SMILES string of the molecule is CN1C(O)=C(C(=O)Nc2ccc(Br)cc2)c2cscc2S1(=O)=O. The number of halogens is 1. The smallest absolute Gasteiger partial charge is 0.267 e. The molecule has 1 aliphatic rings. The minimum Gasteiger partial charge on any atom is -0.493 e. The summed E-state index contributed by atoms with van der Waals surface area (Å²) in [6.45, 7) is 0. The summed E-state index contributed by atoms with van der Waals surface area (Å²) in [4.78, 5) is 12.5. The molecule has 120 valence electrons. The second-order valence-corrected chi connectivity index (χ2v) is 8.38. The molecule has 9 heteroatoms. The Morgan fingerprint density at radius 3 is 2.57 bits per heavy atom. The van der Waals surface area contributed by atoms with Gasteiger partial charge in [0.25, 0.3) is 15.9 Å². The number of thiophene rings is 1. The maximum Gasteiger partial charge on any atom is 0.267 e. The van der Waals surface area contributed by atoms with Gasteiger partial charge in [0.2, 0.25) is 5.88 Å². The molecule has 0 atom stereocenters. The van der Waals surface area contributed by atoms with Crippen LogP contribution in [-0.4, -0.2) is 30.8 Å². The fraction of sp³-hybridized carbons (Fsp3) is 0.0714. The van der Waals surface area contributed by atoms with E-state index in [9.17, 15) is 18.3 Å². The number of anilines is 1. The van der Waals surface area contributed by atoms with E-state index in [4.69, 9.17) is 0 Å². The monoisotopic (exact) mass is 414 g/mol. The van der Waals surface area contributed by atoms with Crippen LogP contribution in [0.25, 0.3) is 5.57 Å². The Hall–Kier alpha value is -1.84. The number of fused-ring (bicyclic) bond motifs is 1. The fourth-order valence-electron chi connectivity index (χ4n) is 2.16. The second kappa shape index (κ2) is 5.66. The van der Waals surface area contributed by atoms with Crippen molar-refractivity contribution in [1.29, 1.82) is 0 Å². The van der Waals surface area contributed by atoms with E-state index in [2.05, 4.69) is 21.2 Å². The topological polar surface area (TPSA) is 86.7 Å². The molecule has 0 saturated heterocycles. The summed E-state index contributed by atoms with van der Waals surface area (Å²) in [5, 5.41) is 15.8. The number of carbonyl (C=O) groups is 1. The molecule has 0 fully saturated rings. The highest BCUT2D eigenvalue weighted by molar-refractivity contribution is 9.10. The van der Waals surface area contributed by atoms with Crippen molar-refractivity contribution >= 4 is 54.5 Å². The molecule has 1 aliphatic heterocycles. The van der Waals surface area contributed by atoms with E-state index in [1.54, 1.807) is 24.3 Å². The van der Waals surface area contributed by atoms with E-state index >= 15 is 0 Å². The van der Waals surface area contributed by atoms with Crippen LogP contribution in [0.15, 0.2) is 50.3 Å². The normalized spacial score (nSPS) is 16.2. The number of amides is 1. The molecule has 2 heterocycles. The second-order valence-electron chi connectivity index (χ2n) is 4.78. The molecule has 2 aromatic rings. The highest BCUT2D eigenvalue weighted by Gasteiger charge is 2.38. The first-order chi connectivity index (χ1) is 10.8. The summed E-state index contributed by atoms with van der Waals surface area (Å²) in [5.41, 5.74) is 0.674. The lowest BCUT2D eigenvalue weighted by Gasteiger charge is -2.25. The Kier molecular flexibility index (Phi) is 3.95. The van der Waals surface area contributed by atoms with Gasteiger partial charge in [-0.3, -0.25) is 4.79 Å². The Labute approximate surface area is 145 Å². The van der Waals surface area contributed by atoms with Crippen LogP contribution in [-0.2, 0) is 14.8 Å². The van der Waals surface area contributed by atoms with E-state index in [0.717, 1.165) is 15.8 Å². The number of aliphatic hydroxyl groups is 1. The summed E-state index contributed by atoms with van der Waals surface area (Å²) in [6, 6.07) is 6.91. The van der Waals surface area contributed by atoms with Crippen LogP contribution in [0.5, 0.6) is 0 Å². The van der Waals surface area contributed by atoms with Crippen LogP contribution >= 0.6 is 27.3 Å². The standard InChI is InChI=1S/C14H11BrN2O4S2/c1-17-14(19)12(10-6-22-7-11(10)23(17,20)21)13(18)16-9-4-2-8(15)3-5-9/h2-7,19H,1H3,(H,16,18). The molecular weight excluding hydrogens is 404 g/mol. The molecule has 1 amide bonds. The summed E-state index contributed by atoms with van der Waals surface area (Å²) in [6.07, 6.45) is 0. The molecule has 2 N–H and O–H groups in total. The van der Waals surface area contributed by atoms with E-state index in [1.807, 2.05) is 0 Å². The third-order valence-corrected chi connectivity index (χ3v) is 6.59. The zero-order chi connectivity index (χ0) is 16.8. The van der Waals surface area contributed by atoms with Crippen LogP contribution in [0, 0.1) is 0 Å². The summed E-state index contributed by atoms with van der Waals surface area (Å²) >= 11 is 4.45. The van der Waals surface area contributed by atoms with Crippen molar-refractivity contribution < 1.29 is 18.3 Å². The summed E-state index contributed by atoms with van der Waals surface area (Å²) in [5.74, 6) is -1.17. The molecular formula is C14H11BrN2O4S2. The summed E-state index contributed by atoms with van der Waals surface area (Å²) < 4.78 is 26.1. The third kappa shape index (κ3) is 2.64. The van der Waals surface area contributed by atoms with Crippen molar-refractivity contribution in [1.82, 2.24) is 4.31 Å². The number of rotatable bonds is 2. The lowest BCUT2D eigenvalue weighted by molar-refractivity contribution is -0.111. The van der Waals surface area contributed by atoms with Crippen LogP contribution in [0.3, 0.4) is 0 Å². The van der Waals surface area contributed by atoms with Gasteiger partial charge in [-0.15, -0.1) is 0 Å². The third-order valence-electron chi connectivity index (χ3n) is 3.39. The van der Waals surface area contributed by atoms with Crippen molar-refractivity contribution in [3.63, 3.8) is 0 Å². The van der Waals surface area contributed by atoms with Gasteiger partial charge in [0.1, 0.15) is 10.5 Å². The molecule has 0 unspecified atom stereocenters. The first-order valence-corrected chi connectivity index (χ1v) is 9.55. The van der Waals surface area contributed by atoms with Gasteiger partial charge in [-0.2, -0.15) is 11.3 Å². The van der Waals surface area contributed by atoms with Gasteiger partial charge in [-0.05, 0) is 24.3 Å². The van der Waals surface area contributed by atoms with Crippen LogP contribution in [0.2, 0.25) is 0 Å². The Balaban J connectivity index is 2.03. The van der Waals surface area contributed by atoms with Crippen LogP contribution in [0.4, 0.5) is 5.69 Å². The number of sulfonamides is 1. The quantitative estimate of drug-likeness (QED) is 0.790. The van der Waals surface area contributed by atoms with E-state index < -0.39 is 21.8 Å². The van der Waals surface area contributed by atoms with Gasteiger partial charge >= 0.3 is 0 Å². The Bertz CT molecular complexity index is 917. The van der Waals surface area contributed by atoms with Crippen molar-refractivity contribution in [2.45, 2.75) is 4.90 Å². The van der Waals surface area contributed by atoms with Gasteiger partial charge in [0, 0.05) is 33.5 Å². The molecule has 0 saturated carbocycles. The lowest BCUT2D eigenvalue weighted by atomic mass is 10.1. The van der Waals surface area contributed by atoms with Gasteiger partial charge in [0.05, 0.1) is 0 Å². The van der Waals surface area contributed by atoms with Gasteiger partial charge in [0.15, 0.2) is 0 Å². The molecule has 0 aliphatic carbocycles. The fourth-order valence-corrected chi connectivity index (χ4v) is 4.90. The Morgan fingerprint density at radius 1 is 1.26 bits per heavy atom. The van der Waals surface area contributed by atoms with E-state index in [0.29, 0.717) is 9.99 Å². The molecule has 0 bridgehead atoms. The van der Waals surface area contributed by atoms with Crippen molar-refractivity contribution in [3.8, 4) is 0 Å². The van der Waals surface area contributed by atoms with Gasteiger partial charge in [-0.25, -0.2) is 12.7 Å². The maximum atomic E-state index is 12.5. The highest BCUT2D eigenvalue weighted by atomic mass is 79.9. The van der Waals surface area contributed by atoms with Crippen molar-refractivity contribution in [2.24, 2.45) is 0 Å². The number of benzene rings is 1. The molecule has 0 spiro atoms. The van der Waals surface area contributed by atoms with Crippen molar-refractivity contribution in [2.75, 3.05) is 12.4 Å². The minimum atomic E-state index is -3.82. The molecule has 6 nitrogen and oxygen atoms in total. The predicted molar refractivity (Wildman–Crippen MR) is 91.6 cm³/mol. The minimum absolute atomic E-state index is 0.0174. The number of carbonyl (C=O) groups excluding carboxylic acids is 1. The first kappa shape index (κ1) is 16.0. The van der Waals surface area contributed by atoms with Crippen LogP contribution in [0.1, 0.15) is 5.56 Å². The number of nitrogens with one attached hydrogen (secondary N) is 1. The zero-order valence-corrected chi connectivity index (χ0v) is 15.0. The molecule has 23 heavy (non-hydrogen) atoms. The molecule has 1 aromatic heterocycles. The Morgan fingerprint density at radius 2 is 1.91 bits per heavy atom. The van der Waals surface area contributed by atoms with Crippen molar-refractivity contribution in [3.05, 3.63) is 50.9 Å². The average Bonchev–Trinajstić information content (AvgIpc) is 2.98. The zero-order valence-electron chi connectivity index (χ0n) is 11.8. The van der Waals surface area contributed by atoms with E-state index in [1.165, 1.54) is 17.8 Å². The average molecular weight is 415 g/mol. The number of nitrogens with zero attached hydrogens (tertiary/aromatic N) is 1. The van der Waals surface area contributed by atoms with Gasteiger partial charge < -0.3 is 10.4 Å². The lowest BCUT2D eigenvalue weighted by Crippen LogP contribution is -2.33. The van der Waals surface area contributed by atoms with Gasteiger partial charge in [-0.1, -0.05) is 15.9 Å². The predicted octanol–water partition coefficient (Wildman–Crippen LogP) is 3.01. The first-order valence-electron chi connectivity index (χ1n) is 6.38. The summed E-state index contributed by atoms with van der Waals surface area (Å²) in [7, 11) is -2.62. The largest absolute Gasteiger partial charge is 0.493 e. The number of hydrogen-bond donors (Lipinski definition) is 2. The maximum absolute atomic E-state index is 12.5.